The van der Waals surface area contributed by atoms with Crippen molar-refractivity contribution in [2.75, 3.05) is 62.4 Å². The summed E-state index contributed by atoms with van der Waals surface area (Å²) in [5.74, 6) is 1.89. The molecule has 0 unspecified atom stereocenters. The first-order chi connectivity index (χ1) is 13.8. The molecule has 2 aliphatic rings. The Morgan fingerprint density at radius 1 is 0.929 bits per heavy atom. The lowest BCUT2D eigenvalue weighted by Crippen LogP contribution is -2.36. The van der Waals surface area contributed by atoms with Gasteiger partial charge in [-0.1, -0.05) is 0 Å². The Hall–Kier alpha value is -2.00. The van der Waals surface area contributed by atoms with Gasteiger partial charge in [-0.25, -0.2) is 9.97 Å². The molecule has 0 amide bonds. The van der Waals surface area contributed by atoms with E-state index in [4.69, 9.17) is 21.1 Å². The molecule has 3 aromatic rings. The third-order valence-corrected chi connectivity index (χ3v) is 6.34. The molecular formula is C19H20ClN5O2S. The molecule has 2 fully saturated rings. The maximum atomic E-state index is 6.20. The van der Waals surface area contributed by atoms with Crippen molar-refractivity contribution in [2.45, 2.75) is 0 Å². The van der Waals surface area contributed by atoms with Crippen molar-refractivity contribution in [2.24, 2.45) is 0 Å². The van der Waals surface area contributed by atoms with Gasteiger partial charge in [-0.05, 0) is 29.8 Å². The normalized spacial score (nSPS) is 18.0. The van der Waals surface area contributed by atoms with Gasteiger partial charge in [-0.2, -0.15) is 4.98 Å². The number of halogens is 1. The van der Waals surface area contributed by atoms with Crippen molar-refractivity contribution in [3.8, 4) is 10.4 Å². The van der Waals surface area contributed by atoms with E-state index >= 15 is 0 Å². The summed E-state index contributed by atoms with van der Waals surface area (Å²) in [6.07, 6.45) is 1.93. The Morgan fingerprint density at radius 2 is 1.64 bits per heavy atom. The second-order valence-corrected chi connectivity index (χ2v) is 8.14. The SMILES string of the molecule is Clc1nc(N2CCOCC2)c2sc(-c3ccc(N4CCOCC4)nc3)cc2n1. The largest absolute Gasteiger partial charge is 0.378 e. The molecule has 146 valence electrons. The molecule has 0 atom stereocenters. The Kier molecular flexibility index (Phi) is 5.02. The van der Waals surface area contributed by atoms with Gasteiger partial charge in [0.1, 0.15) is 5.82 Å². The number of anilines is 2. The van der Waals surface area contributed by atoms with Gasteiger partial charge in [0.15, 0.2) is 5.82 Å². The van der Waals surface area contributed by atoms with Crippen LogP contribution in [-0.4, -0.2) is 67.6 Å². The predicted molar refractivity (Wildman–Crippen MR) is 112 cm³/mol. The molecule has 2 saturated heterocycles. The van der Waals surface area contributed by atoms with E-state index in [0.717, 1.165) is 71.7 Å². The summed E-state index contributed by atoms with van der Waals surface area (Å²) in [4.78, 5) is 19.2. The van der Waals surface area contributed by atoms with E-state index in [2.05, 4.69) is 43.0 Å². The van der Waals surface area contributed by atoms with Crippen LogP contribution in [0.4, 0.5) is 11.6 Å². The van der Waals surface area contributed by atoms with Crippen LogP contribution in [0.2, 0.25) is 5.28 Å². The first-order valence-electron chi connectivity index (χ1n) is 9.37. The molecule has 5 heterocycles. The number of thiophene rings is 1. The van der Waals surface area contributed by atoms with Gasteiger partial charge in [-0.15, -0.1) is 11.3 Å². The molecule has 7 nitrogen and oxygen atoms in total. The van der Waals surface area contributed by atoms with Crippen LogP contribution in [0.3, 0.4) is 0 Å². The van der Waals surface area contributed by atoms with Gasteiger partial charge in [0.2, 0.25) is 5.28 Å². The minimum absolute atomic E-state index is 0.277. The second-order valence-electron chi connectivity index (χ2n) is 6.75. The van der Waals surface area contributed by atoms with Crippen LogP contribution in [0.5, 0.6) is 0 Å². The second kappa shape index (κ2) is 7.79. The van der Waals surface area contributed by atoms with Crippen molar-refractivity contribution in [3.63, 3.8) is 0 Å². The molecule has 0 saturated carbocycles. The number of morpholine rings is 2. The summed E-state index contributed by atoms with van der Waals surface area (Å²) in [6.45, 7) is 6.30. The first-order valence-corrected chi connectivity index (χ1v) is 10.6. The van der Waals surface area contributed by atoms with Crippen LogP contribution in [-0.2, 0) is 9.47 Å². The van der Waals surface area contributed by atoms with Crippen molar-refractivity contribution in [1.29, 1.82) is 0 Å². The molecule has 3 aromatic heterocycles. The van der Waals surface area contributed by atoms with Gasteiger partial charge >= 0.3 is 0 Å². The van der Waals surface area contributed by atoms with Crippen LogP contribution in [0, 0.1) is 0 Å². The monoisotopic (exact) mass is 417 g/mol. The lowest BCUT2D eigenvalue weighted by molar-refractivity contribution is 0.122. The highest BCUT2D eigenvalue weighted by atomic mass is 35.5. The zero-order valence-corrected chi connectivity index (χ0v) is 16.9. The fourth-order valence-electron chi connectivity index (χ4n) is 3.53. The molecule has 0 spiro atoms. The molecular weight excluding hydrogens is 398 g/mol. The van der Waals surface area contributed by atoms with Crippen LogP contribution < -0.4 is 9.80 Å². The average Bonchev–Trinajstić information content (AvgIpc) is 3.18. The first kappa shape index (κ1) is 18.1. The number of hydrogen-bond acceptors (Lipinski definition) is 8. The van der Waals surface area contributed by atoms with E-state index < -0.39 is 0 Å². The fourth-order valence-corrected chi connectivity index (χ4v) is 4.81. The molecule has 5 rings (SSSR count). The van der Waals surface area contributed by atoms with Crippen LogP contribution in [0.15, 0.2) is 24.4 Å². The van der Waals surface area contributed by atoms with Crippen LogP contribution >= 0.6 is 22.9 Å². The summed E-state index contributed by atoms with van der Waals surface area (Å²) in [7, 11) is 0. The van der Waals surface area contributed by atoms with Gasteiger partial charge in [0.05, 0.1) is 36.6 Å². The minimum Gasteiger partial charge on any atom is -0.378 e. The number of hydrogen-bond donors (Lipinski definition) is 0. The molecule has 28 heavy (non-hydrogen) atoms. The fraction of sp³-hybridized carbons (Fsp3) is 0.421. The van der Waals surface area contributed by atoms with E-state index in [1.807, 2.05) is 6.20 Å². The number of ether oxygens (including phenoxy) is 2. The van der Waals surface area contributed by atoms with Gasteiger partial charge in [-0.3, -0.25) is 0 Å². The topological polar surface area (TPSA) is 63.6 Å². The van der Waals surface area contributed by atoms with E-state index in [9.17, 15) is 0 Å². The lowest BCUT2D eigenvalue weighted by atomic mass is 10.2. The summed E-state index contributed by atoms with van der Waals surface area (Å²) in [5, 5.41) is 0.277. The summed E-state index contributed by atoms with van der Waals surface area (Å²) < 4.78 is 11.9. The Labute approximate surface area is 171 Å². The van der Waals surface area contributed by atoms with Crippen LogP contribution in [0.25, 0.3) is 20.7 Å². The van der Waals surface area contributed by atoms with E-state index in [1.54, 1.807) is 11.3 Å². The summed E-state index contributed by atoms with van der Waals surface area (Å²) in [5.41, 5.74) is 1.95. The van der Waals surface area contributed by atoms with E-state index in [1.165, 1.54) is 0 Å². The number of pyridine rings is 1. The molecule has 0 bridgehead atoms. The molecule has 0 aliphatic carbocycles. The smallest absolute Gasteiger partial charge is 0.224 e. The van der Waals surface area contributed by atoms with Gasteiger partial charge in [0, 0.05) is 42.8 Å². The zero-order chi connectivity index (χ0) is 18.9. The quantitative estimate of drug-likeness (QED) is 0.607. The summed E-state index contributed by atoms with van der Waals surface area (Å²) >= 11 is 7.88. The Bertz CT molecular complexity index is 968. The highest BCUT2D eigenvalue weighted by Gasteiger charge is 2.20. The third-order valence-electron chi connectivity index (χ3n) is 5.00. The van der Waals surface area contributed by atoms with E-state index in [-0.39, 0.29) is 5.28 Å². The maximum absolute atomic E-state index is 6.20. The maximum Gasteiger partial charge on any atom is 0.224 e. The highest BCUT2D eigenvalue weighted by Crippen LogP contribution is 2.38. The number of aromatic nitrogens is 3. The number of rotatable bonds is 3. The molecule has 0 N–H and O–H groups in total. The van der Waals surface area contributed by atoms with Crippen molar-refractivity contribution in [3.05, 3.63) is 29.7 Å². The van der Waals surface area contributed by atoms with Gasteiger partial charge < -0.3 is 19.3 Å². The number of fused-ring (bicyclic) bond motifs is 1. The van der Waals surface area contributed by atoms with Crippen molar-refractivity contribution >= 4 is 44.8 Å². The standard InChI is InChI=1S/C19H20ClN5O2S/c20-19-22-14-11-15(28-17(14)18(23-19)25-5-9-27-10-6-25)13-1-2-16(21-12-13)24-3-7-26-8-4-24/h1-2,11-12H,3-10H2. The third kappa shape index (κ3) is 3.53. The molecule has 2 aliphatic heterocycles. The average molecular weight is 418 g/mol. The molecule has 0 radical (unpaired) electrons. The van der Waals surface area contributed by atoms with Crippen LogP contribution in [0.1, 0.15) is 0 Å². The molecule has 9 heteroatoms. The minimum atomic E-state index is 0.277. The molecule has 0 aromatic carbocycles. The number of nitrogens with zero attached hydrogens (tertiary/aromatic N) is 5. The Balaban J connectivity index is 1.47. The van der Waals surface area contributed by atoms with Crippen molar-refractivity contribution in [1.82, 2.24) is 15.0 Å². The predicted octanol–water partition coefficient (Wildman–Crippen LogP) is 3.08. The Morgan fingerprint density at radius 3 is 2.32 bits per heavy atom. The van der Waals surface area contributed by atoms with Gasteiger partial charge in [0.25, 0.3) is 0 Å². The van der Waals surface area contributed by atoms with Crippen molar-refractivity contribution < 1.29 is 9.47 Å². The summed E-state index contributed by atoms with van der Waals surface area (Å²) in [6, 6.07) is 6.27. The van der Waals surface area contributed by atoms with E-state index in [0.29, 0.717) is 13.2 Å². The zero-order valence-electron chi connectivity index (χ0n) is 15.3. The lowest BCUT2D eigenvalue weighted by Gasteiger charge is -2.28. The highest BCUT2D eigenvalue weighted by molar-refractivity contribution is 7.22.